The lowest BCUT2D eigenvalue weighted by molar-refractivity contribution is 0.251. The highest BCUT2D eigenvalue weighted by atomic mass is 16.5. The summed E-state index contributed by atoms with van der Waals surface area (Å²) < 4.78 is 5.63. The SMILES string of the molecule is CC(C)CCCOc1cnc(C(C)C)nc1CO. The monoisotopic (exact) mass is 252 g/mol. The van der Waals surface area contributed by atoms with Crippen LogP contribution in [0.4, 0.5) is 0 Å². The summed E-state index contributed by atoms with van der Waals surface area (Å²) in [4.78, 5) is 8.57. The van der Waals surface area contributed by atoms with Crippen LogP contribution in [-0.4, -0.2) is 21.7 Å². The van der Waals surface area contributed by atoms with E-state index in [0.717, 1.165) is 18.7 Å². The van der Waals surface area contributed by atoms with Gasteiger partial charge >= 0.3 is 0 Å². The van der Waals surface area contributed by atoms with E-state index in [4.69, 9.17) is 4.74 Å². The van der Waals surface area contributed by atoms with Crippen LogP contribution in [0.25, 0.3) is 0 Å². The van der Waals surface area contributed by atoms with Crippen LogP contribution in [0.2, 0.25) is 0 Å². The standard InChI is InChI=1S/C14H24N2O2/c1-10(2)6-5-7-18-13-8-15-14(11(3)4)16-12(13)9-17/h8,10-11,17H,5-7,9H2,1-4H3. The van der Waals surface area contributed by atoms with E-state index in [1.807, 2.05) is 13.8 Å². The van der Waals surface area contributed by atoms with Crippen LogP contribution in [0.15, 0.2) is 6.20 Å². The van der Waals surface area contributed by atoms with Gasteiger partial charge in [0.25, 0.3) is 0 Å². The van der Waals surface area contributed by atoms with Crippen molar-refractivity contribution in [2.24, 2.45) is 5.92 Å². The first-order chi connectivity index (χ1) is 8.54. The van der Waals surface area contributed by atoms with Gasteiger partial charge in [-0.3, -0.25) is 0 Å². The first kappa shape index (κ1) is 14.9. The molecule has 0 saturated carbocycles. The van der Waals surface area contributed by atoms with Crippen LogP contribution in [0.5, 0.6) is 5.75 Å². The number of aliphatic hydroxyl groups excluding tert-OH is 1. The first-order valence-electron chi connectivity index (χ1n) is 6.64. The predicted octanol–water partition coefficient (Wildman–Crippen LogP) is 2.91. The van der Waals surface area contributed by atoms with Crippen molar-refractivity contribution in [2.45, 2.75) is 53.1 Å². The zero-order chi connectivity index (χ0) is 13.5. The van der Waals surface area contributed by atoms with Crippen molar-refractivity contribution in [3.8, 4) is 5.75 Å². The Morgan fingerprint density at radius 2 is 2.00 bits per heavy atom. The summed E-state index contributed by atoms with van der Waals surface area (Å²) in [5, 5.41) is 9.30. The van der Waals surface area contributed by atoms with Crippen molar-refractivity contribution >= 4 is 0 Å². The molecule has 0 spiro atoms. The van der Waals surface area contributed by atoms with Crippen molar-refractivity contribution in [2.75, 3.05) is 6.61 Å². The van der Waals surface area contributed by atoms with E-state index >= 15 is 0 Å². The number of hydrogen-bond donors (Lipinski definition) is 1. The fourth-order valence-electron chi connectivity index (χ4n) is 1.61. The van der Waals surface area contributed by atoms with Gasteiger partial charge in [-0.1, -0.05) is 27.7 Å². The molecular formula is C14H24N2O2. The Hall–Kier alpha value is -1.16. The molecule has 1 aromatic heterocycles. The predicted molar refractivity (Wildman–Crippen MR) is 71.6 cm³/mol. The molecule has 1 aromatic rings. The number of aliphatic hydroxyl groups is 1. The lowest BCUT2D eigenvalue weighted by Crippen LogP contribution is -2.07. The summed E-state index contributed by atoms with van der Waals surface area (Å²) in [5.41, 5.74) is 0.582. The molecule has 102 valence electrons. The summed E-state index contributed by atoms with van der Waals surface area (Å²) in [6.07, 6.45) is 3.82. The van der Waals surface area contributed by atoms with Crippen LogP contribution in [0.1, 0.15) is 58.0 Å². The molecule has 4 heteroatoms. The third-order valence-electron chi connectivity index (χ3n) is 2.70. The highest BCUT2D eigenvalue weighted by molar-refractivity contribution is 5.24. The van der Waals surface area contributed by atoms with E-state index in [1.54, 1.807) is 6.20 Å². The molecule has 0 aliphatic rings. The molecule has 0 atom stereocenters. The van der Waals surface area contributed by atoms with Crippen molar-refractivity contribution in [1.29, 1.82) is 0 Å². The lowest BCUT2D eigenvalue weighted by atomic mass is 10.1. The average molecular weight is 252 g/mol. The summed E-state index contributed by atoms with van der Waals surface area (Å²) in [5.74, 6) is 2.29. The van der Waals surface area contributed by atoms with E-state index in [1.165, 1.54) is 0 Å². The van der Waals surface area contributed by atoms with Crippen molar-refractivity contribution < 1.29 is 9.84 Å². The molecule has 0 fully saturated rings. The fraction of sp³-hybridized carbons (Fsp3) is 0.714. The van der Waals surface area contributed by atoms with Gasteiger partial charge in [-0.25, -0.2) is 9.97 Å². The first-order valence-corrected chi connectivity index (χ1v) is 6.64. The van der Waals surface area contributed by atoms with E-state index < -0.39 is 0 Å². The van der Waals surface area contributed by atoms with E-state index in [-0.39, 0.29) is 12.5 Å². The quantitative estimate of drug-likeness (QED) is 0.758. The third kappa shape index (κ3) is 4.61. The number of rotatable bonds is 7. The second kappa shape index (κ2) is 7.31. The second-order valence-corrected chi connectivity index (χ2v) is 5.24. The summed E-state index contributed by atoms with van der Waals surface area (Å²) in [7, 11) is 0. The minimum Gasteiger partial charge on any atom is -0.490 e. The highest BCUT2D eigenvalue weighted by Gasteiger charge is 2.10. The van der Waals surface area contributed by atoms with Crippen LogP contribution < -0.4 is 4.74 Å². The fourth-order valence-corrected chi connectivity index (χ4v) is 1.61. The average Bonchev–Trinajstić information content (AvgIpc) is 2.34. The Bertz CT molecular complexity index is 365. The van der Waals surface area contributed by atoms with Crippen LogP contribution in [0.3, 0.4) is 0 Å². The Kier molecular flexibility index (Phi) is 6.05. The van der Waals surface area contributed by atoms with Gasteiger partial charge in [0, 0.05) is 5.92 Å². The van der Waals surface area contributed by atoms with Gasteiger partial charge in [-0.2, -0.15) is 0 Å². The zero-order valence-electron chi connectivity index (χ0n) is 11.8. The van der Waals surface area contributed by atoms with E-state index in [9.17, 15) is 5.11 Å². The van der Waals surface area contributed by atoms with Gasteiger partial charge < -0.3 is 9.84 Å². The largest absolute Gasteiger partial charge is 0.490 e. The van der Waals surface area contributed by atoms with Crippen molar-refractivity contribution in [1.82, 2.24) is 9.97 Å². The Labute approximate surface area is 109 Å². The van der Waals surface area contributed by atoms with Crippen molar-refractivity contribution in [3.05, 3.63) is 17.7 Å². The third-order valence-corrected chi connectivity index (χ3v) is 2.70. The second-order valence-electron chi connectivity index (χ2n) is 5.24. The van der Waals surface area contributed by atoms with Crippen LogP contribution in [-0.2, 0) is 6.61 Å². The number of nitrogens with zero attached hydrogens (tertiary/aromatic N) is 2. The molecule has 1 rings (SSSR count). The van der Waals surface area contributed by atoms with Crippen molar-refractivity contribution in [3.63, 3.8) is 0 Å². The highest BCUT2D eigenvalue weighted by Crippen LogP contribution is 2.19. The minimum atomic E-state index is -0.109. The van der Waals surface area contributed by atoms with E-state index in [0.29, 0.717) is 24.0 Å². The molecule has 0 saturated heterocycles. The molecule has 0 bridgehead atoms. The zero-order valence-corrected chi connectivity index (χ0v) is 11.8. The molecule has 1 heterocycles. The molecule has 0 aliphatic heterocycles. The van der Waals surface area contributed by atoms with Gasteiger partial charge in [0.15, 0.2) is 5.75 Å². The number of hydrogen-bond acceptors (Lipinski definition) is 4. The maximum absolute atomic E-state index is 9.30. The molecule has 0 amide bonds. The molecule has 0 aromatic carbocycles. The smallest absolute Gasteiger partial charge is 0.161 e. The molecule has 4 nitrogen and oxygen atoms in total. The maximum atomic E-state index is 9.30. The Morgan fingerprint density at radius 3 is 2.56 bits per heavy atom. The minimum absolute atomic E-state index is 0.109. The molecule has 0 unspecified atom stereocenters. The lowest BCUT2D eigenvalue weighted by Gasteiger charge is -2.12. The maximum Gasteiger partial charge on any atom is 0.161 e. The molecule has 18 heavy (non-hydrogen) atoms. The molecule has 0 aliphatic carbocycles. The Morgan fingerprint density at radius 1 is 1.28 bits per heavy atom. The van der Waals surface area contributed by atoms with Gasteiger partial charge in [0.1, 0.15) is 11.5 Å². The number of aromatic nitrogens is 2. The summed E-state index contributed by atoms with van der Waals surface area (Å²) >= 11 is 0. The van der Waals surface area contributed by atoms with Crippen LogP contribution in [0, 0.1) is 5.92 Å². The normalized spacial score (nSPS) is 11.3. The summed E-state index contributed by atoms with van der Waals surface area (Å²) in [6, 6.07) is 0. The van der Waals surface area contributed by atoms with Gasteiger partial charge in [-0.15, -0.1) is 0 Å². The van der Waals surface area contributed by atoms with Gasteiger partial charge in [0.05, 0.1) is 19.4 Å². The molecule has 0 radical (unpaired) electrons. The topological polar surface area (TPSA) is 55.2 Å². The summed E-state index contributed by atoms with van der Waals surface area (Å²) in [6.45, 7) is 8.98. The van der Waals surface area contributed by atoms with Gasteiger partial charge in [0.2, 0.25) is 0 Å². The Balaban J connectivity index is 2.59. The van der Waals surface area contributed by atoms with Crippen LogP contribution >= 0.6 is 0 Å². The molecular weight excluding hydrogens is 228 g/mol. The van der Waals surface area contributed by atoms with E-state index in [2.05, 4.69) is 23.8 Å². The number of ether oxygens (including phenoxy) is 1. The molecule has 1 N–H and O–H groups in total. The van der Waals surface area contributed by atoms with Gasteiger partial charge in [-0.05, 0) is 18.8 Å².